The Labute approximate surface area is 206 Å². The summed E-state index contributed by atoms with van der Waals surface area (Å²) in [6.07, 6.45) is -6.32. The highest BCUT2D eigenvalue weighted by molar-refractivity contribution is 5.92. The molecule has 15 heteroatoms. The largest absolute Gasteiger partial charge is 0.481 e. The van der Waals surface area contributed by atoms with E-state index in [-0.39, 0.29) is 18.2 Å². The van der Waals surface area contributed by atoms with Gasteiger partial charge in [0.15, 0.2) is 6.29 Å². The van der Waals surface area contributed by atoms with Crippen molar-refractivity contribution >= 4 is 29.6 Å². The van der Waals surface area contributed by atoms with Gasteiger partial charge in [0, 0.05) is 12.3 Å². The number of carbonyl (C=O) groups is 5. The molecule has 9 N–H and O–H groups in total. The molecule has 2 rings (SSSR count). The minimum atomic E-state index is -1.63. The van der Waals surface area contributed by atoms with Crippen molar-refractivity contribution < 1.29 is 53.9 Å². The lowest BCUT2D eigenvalue weighted by Gasteiger charge is -2.43. The van der Waals surface area contributed by atoms with E-state index >= 15 is 0 Å². The van der Waals surface area contributed by atoms with E-state index in [1.807, 2.05) is 0 Å². The summed E-state index contributed by atoms with van der Waals surface area (Å²) in [5, 5.41) is 46.3. The van der Waals surface area contributed by atoms with Crippen molar-refractivity contribution in [1.29, 1.82) is 0 Å². The Kier molecular flexibility index (Phi) is 10.5. The van der Waals surface area contributed by atoms with E-state index in [0.717, 1.165) is 0 Å². The molecule has 1 aliphatic heterocycles. The zero-order chi connectivity index (χ0) is 27.2. The van der Waals surface area contributed by atoms with E-state index in [4.69, 9.17) is 20.3 Å². The Hall–Kier alpha value is -2.85. The average Bonchev–Trinajstić information content (AvgIpc) is 3.65. The predicted octanol–water partition coefficient (Wildman–Crippen LogP) is -3.94. The first-order valence-electron chi connectivity index (χ1n) is 11.6. The van der Waals surface area contributed by atoms with Gasteiger partial charge in [0.1, 0.15) is 42.5 Å². The van der Waals surface area contributed by atoms with E-state index in [1.165, 1.54) is 13.8 Å². The van der Waals surface area contributed by atoms with Crippen LogP contribution >= 0.6 is 0 Å². The molecule has 36 heavy (non-hydrogen) atoms. The number of ether oxygens (including phenoxy) is 2. The van der Waals surface area contributed by atoms with Gasteiger partial charge >= 0.3 is 5.97 Å². The molecule has 0 bridgehead atoms. The van der Waals surface area contributed by atoms with Crippen LogP contribution in [0.5, 0.6) is 0 Å². The van der Waals surface area contributed by atoms with E-state index < -0.39 is 85.5 Å². The number of primary amides is 1. The summed E-state index contributed by atoms with van der Waals surface area (Å²) in [4.78, 5) is 59.5. The quantitative estimate of drug-likeness (QED) is 0.117. The molecule has 8 atom stereocenters. The Balaban J connectivity index is 2.00. The van der Waals surface area contributed by atoms with Crippen molar-refractivity contribution in [1.82, 2.24) is 16.0 Å². The first-order chi connectivity index (χ1) is 16.8. The second-order valence-corrected chi connectivity index (χ2v) is 8.92. The lowest BCUT2D eigenvalue weighted by atomic mass is 9.96. The van der Waals surface area contributed by atoms with Gasteiger partial charge in [-0.3, -0.25) is 24.0 Å². The number of rotatable bonds is 13. The molecule has 0 aromatic heterocycles. The van der Waals surface area contributed by atoms with E-state index in [1.54, 1.807) is 0 Å². The number of amides is 4. The molecule has 2 fully saturated rings. The summed E-state index contributed by atoms with van der Waals surface area (Å²) >= 11 is 0. The minimum Gasteiger partial charge on any atom is -0.481 e. The summed E-state index contributed by atoms with van der Waals surface area (Å²) in [6.45, 7) is 1.95. The molecule has 1 saturated carbocycles. The highest BCUT2D eigenvalue weighted by Gasteiger charge is 2.48. The van der Waals surface area contributed by atoms with Crippen molar-refractivity contribution in [3.63, 3.8) is 0 Å². The molecule has 4 unspecified atom stereocenters. The molecule has 4 amide bonds. The van der Waals surface area contributed by atoms with Gasteiger partial charge in [-0.15, -0.1) is 0 Å². The maximum absolute atomic E-state index is 12.7. The summed E-state index contributed by atoms with van der Waals surface area (Å²) < 4.78 is 10.8. The number of hydrogen-bond acceptors (Lipinski definition) is 10. The van der Waals surface area contributed by atoms with Gasteiger partial charge in [0.25, 0.3) is 0 Å². The monoisotopic (exact) mass is 518 g/mol. The molecule has 1 aliphatic carbocycles. The fourth-order valence-electron chi connectivity index (χ4n) is 3.57. The molecule has 204 valence electrons. The Morgan fingerprint density at radius 2 is 1.72 bits per heavy atom. The smallest absolute Gasteiger partial charge is 0.303 e. The summed E-state index contributed by atoms with van der Waals surface area (Å²) in [7, 11) is 0. The maximum atomic E-state index is 12.7. The number of nitrogens with two attached hydrogens (primary N) is 1. The number of carboxylic acid groups (broad SMARTS) is 1. The first kappa shape index (κ1) is 29.4. The van der Waals surface area contributed by atoms with Crippen molar-refractivity contribution in [3.8, 4) is 0 Å². The third kappa shape index (κ3) is 8.09. The normalized spacial score (nSPS) is 28.3. The van der Waals surface area contributed by atoms with Crippen LogP contribution in [0.1, 0.15) is 39.5 Å². The second kappa shape index (κ2) is 12.9. The summed E-state index contributed by atoms with van der Waals surface area (Å²) in [5.74, 6) is -4.34. The van der Waals surface area contributed by atoms with Gasteiger partial charge in [0.2, 0.25) is 23.6 Å². The molecule has 0 spiro atoms. The van der Waals surface area contributed by atoms with Crippen molar-refractivity contribution in [2.75, 3.05) is 6.61 Å². The van der Waals surface area contributed by atoms with Gasteiger partial charge in [-0.1, -0.05) is 0 Å². The standard InChI is InChI=1S/C21H34N4O11/c1-8(18(31)24-11(17(22)30)5-6-13(27)28)23-19(32)9(2)35-16-14(25-20(33)10-3-4-10)21(34)36-12(7-26)15(16)29/h8-12,14-16,21,26,29,34H,3-7H2,1-2H3,(H2,22,30)(H,23,32)(H,24,31)(H,25,33)(H,27,28)/t8?,9?,11?,12-,14-,15-,16-,21?/m1/s1. The van der Waals surface area contributed by atoms with Crippen LogP contribution in [0.4, 0.5) is 0 Å². The molecule has 0 aromatic carbocycles. The Bertz CT molecular complexity index is 837. The van der Waals surface area contributed by atoms with Crippen LogP contribution < -0.4 is 21.7 Å². The lowest BCUT2D eigenvalue weighted by molar-refractivity contribution is -0.266. The number of carboxylic acids is 1. The number of aliphatic hydroxyl groups is 3. The number of hydrogen-bond donors (Lipinski definition) is 8. The van der Waals surface area contributed by atoms with Crippen LogP contribution in [-0.2, 0) is 33.4 Å². The highest BCUT2D eigenvalue weighted by atomic mass is 16.6. The van der Waals surface area contributed by atoms with Crippen LogP contribution in [0, 0.1) is 5.92 Å². The van der Waals surface area contributed by atoms with Crippen LogP contribution in [0.15, 0.2) is 0 Å². The third-order valence-corrected chi connectivity index (χ3v) is 5.92. The topological polar surface area (TPSA) is 247 Å². The Morgan fingerprint density at radius 3 is 2.25 bits per heavy atom. The van der Waals surface area contributed by atoms with Crippen LogP contribution in [0.2, 0.25) is 0 Å². The molecule has 0 radical (unpaired) electrons. The van der Waals surface area contributed by atoms with E-state index in [0.29, 0.717) is 12.8 Å². The predicted molar refractivity (Wildman–Crippen MR) is 119 cm³/mol. The first-order valence-corrected chi connectivity index (χ1v) is 11.6. The summed E-state index contributed by atoms with van der Waals surface area (Å²) in [5.41, 5.74) is 5.19. The van der Waals surface area contributed by atoms with Crippen molar-refractivity contribution in [2.45, 2.75) is 88.4 Å². The fraction of sp³-hybridized carbons (Fsp3) is 0.762. The molecular formula is C21H34N4O11. The molecule has 1 heterocycles. The zero-order valence-corrected chi connectivity index (χ0v) is 20.0. The lowest BCUT2D eigenvalue weighted by Crippen LogP contribution is -2.66. The SMILES string of the molecule is CC(NC(=O)C(C)O[C@H]1[C@H](O)[C@@H](CO)OC(O)[C@@H]1NC(=O)C1CC1)C(=O)NC(CCC(=O)O)C(N)=O. The number of aliphatic carboxylic acids is 1. The van der Waals surface area contributed by atoms with Gasteiger partial charge in [-0.05, 0) is 33.1 Å². The minimum absolute atomic E-state index is 0.231. The second-order valence-electron chi connectivity index (χ2n) is 8.92. The highest BCUT2D eigenvalue weighted by Crippen LogP contribution is 2.30. The maximum Gasteiger partial charge on any atom is 0.303 e. The molecule has 2 aliphatic rings. The zero-order valence-electron chi connectivity index (χ0n) is 20.0. The summed E-state index contributed by atoms with van der Waals surface area (Å²) in [6, 6.07) is -3.68. The number of aliphatic hydroxyl groups excluding tert-OH is 3. The number of nitrogens with one attached hydrogen (secondary N) is 3. The fourth-order valence-corrected chi connectivity index (χ4v) is 3.57. The van der Waals surface area contributed by atoms with E-state index in [9.17, 15) is 39.3 Å². The average molecular weight is 519 g/mol. The van der Waals surface area contributed by atoms with Gasteiger partial charge < -0.3 is 51.6 Å². The van der Waals surface area contributed by atoms with Gasteiger partial charge in [-0.25, -0.2) is 0 Å². The molecule has 15 nitrogen and oxygen atoms in total. The van der Waals surface area contributed by atoms with Gasteiger partial charge in [-0.2, -0.15) is 0 Å². The van der Waals surface area contributed by atoms with Crippen LogP contribution in [0.3, 0.4) is 0 Å². The molecule has 0 aromatic rings. The molecular weight excluding hydrogens is 484 g/mol. The Morgan fingerprint density at radius 1 is 1.08 bits per heavy atom. The third-order valence-electron chi connectivity index (χ3n) is 5.92. The van der Waals surface area contributed by atoms with Crippen LogP contribution in [0.25, 0.3) is 0 Å². The van der Waals surface area contributed by atoms with E-state index in [2.05, 4.69) is 16.0 Å². The van der Waals surface area contributed by atoms with Crippen molar-refractivity contribution in [2.24, 2.45) is 11.7 Å². The van der Waals surface area contributed by atoms with Gasteiger partial charge in [0.05, 0.1) is 6.61 Å². The van der Waals surface area contributed by atoms with Crippen LogP contribution in [-0.4, -0.2) is 105 Å². The number of carbonyl (C=O) groups excluding carboxylic acids is 4. The molecule has 1 saturated heterocycles. The van der Waals surface area contributed by atoms with Crippen molar-refractivity contribution in [3.05, 3.63) is 0 Å².